The molecule has 0 aliphatic heterocycles. The number of carboxylic acids is 1. The average molecular weight is 271 g/mol. The summed E-state index contributed by atoms with van der Waals surface area (Å²) in [4.78, 5) is 11.3. The van der Waals surface area contributed by atoms with Crippen molar-refractivity contribution >= 4 is 5.97 Å². The van der Waals surface area contributed by atoms with Crippen LogP contribution in [0, 0.1) is 11.3 Å². The van der Waals surface area contributed by atoms with E-state index in [9.17, 15) is 15.0 Å². The van der Waals surface area contributed by atoms with Crippen LogP contribution in [0.15, 0.2) is 0 Å². The van der Waals surface area contributed by atoms with Crippen LogP contribution >= 0.6 is 0 Å². The van der Waals surface area contributed by atoms with E-state index in [0.29, 0.717) is 12.5 Å². The summed E-state index contributed by atoms with van der Waals surface area (Å²) < 4.78 is 0. The third-order valence-electron chi connectivity index (χ3n) is 4.96. The molecule has 1 rings (SSSR count). The first-order valence-corrected chi connectivity index (χ1v) is 7.33. The van der Waals surface area contributed by atoms with Crippen LogP contribution in [-0.4, -0.2) is 34.4 Å². The average Bonchev–Trinajstić information content (AvgIpc) is 2.78. The van der Waals surface area contributed by atoms with Crippen LogP contribution < -0.4 is 5.32 Å². The van der Waals surface area contributed by atoms with Crippen LogP contribution in [0.4, 0.5) is 0 Å². The third kappa shape index (κ3) is 4.18. The van der Waals surface area contributed by atoms with Crippen molar-refractivity contribution in [2.24, 2.45) is 11.3 Å². The summed E-state index contributed by atoms with van der Waals surface area (Å²) in [6.45, 7) is 7.64. The molecule has 1 fully saturated rings. The fourth-order valence-electron chi connectivity index (χ4n) is 2.58. The van der Waals surface area contributed by atoms with Gasteiger partial charge >= 0.3 is 5.97 Å². The van der Waals surface area contributed by atoms with Crippen LogP contribution in [0.2, 0.25) is 0 Å². The highest BCUT2D eigenvalue weighted by Crippen LogP contribution is 2.31. The first kappa shape index (κ1) is 16.4. The molecule has 0 spiro atoms. The van der Waals surface area contributed by atoms with E-state index in [-0.39, 0.29) is 6.10 Å². The molecule has 19 heavy (non-hydrogen) atoms. The van der Waals surface area contributed by atoms with Gasteiger partial charge in [0, 0.05) is 12.1 Å². The van der Waals surface area contributed by atoms with Crippen molar-refractivity contribution in [2.45, 2.75) is 71.4 Å². The van der Waals surface area contributed by atoms with E-state index in [1.54, 1.807) is 13.8 Å². The molecule has 0 heterocycles. The van der Waals surface area contributed by atoms with Crippen molar-refractivity contribution in [2.75, 3.05) is 6.54 Å². The number of β-amino-alcohol motifs (C(OH)–C–C–N with tert-alkyl or cyclic N) is 1. The Labute approximate surface area is 116 Å². The molecule has 0 saturated heterocycles. The van der Waals surface area contributed by atoms with Gasteiger partial charge in [-0.05, 0) is 40.0 Å². The highest BCUT2D eigenvalue weighted by atomic mass is 16.4. The third-order valence-corrected chi connectivity index (χ3v) is 4.96. The quantitative estimate of drug-likeness (QED) is 0.665. The van der Waals surface area contributed by atoms with Gasteiger partial charge in [-0.2, -0.15) is 0 Å². The Balaban J connectivity index is 2.43. The van der Waals surface area contributed by atoms with E-state index in [2.05, 4.69) is 5.32 Å². The van der Waals surface area contributed by atoms with Gasteiger partial charge in [-0.1, -0.05) is 25.7 Å². The molecule has 0 bridgehead atoms. The van der Waals surface area contributed by atoms with Crippen molar-refractivity contribution < 1.29 is 15.0 Å². The molecule has 0 radical (unpaired) electrons. The number of aliphatic hydroxyl groups excluding tert-OH is 1. The minimum atomic E-state index is -0.875. The number of hydrogen-bond acceptors (Lipinski definition) is 3. The monoisotopic (exact) mass is 271 g/mol. The second-order valence-corrected chi connectivity index (χ2v) is 6.98. The van der Waals surface area contributed by atoms with Crippen molar-refractivity contribution in [3.63, 3.8) is 0 Å². The minimum Gasteiger partial charge on any atom is -0.481 e. The van der Waals surface area contributed by atoms with Gasteiger partial charge < -0.3 is 15.5 Å². The predicted molar refractivity (Wildman–Crippen MR) is 76.1 cm³/mol. The number of carboxylic acid groups (broad SMARTS) is 1. The molecule has 1 atom stereocenters. The Morgan fingerprint density at radius 2 is 1.79 bits per heavy atom. The van der Waals surface area contributed by atoms with Crippen LogP contribution in [0.5, 0.6) is 0 Å². The smallest absolute Gasteiger partial charge is 0.310 e. The Bertz CT molecular complexity index is 307. The molecule has 3 N–H and O–H groups in total. The number of aliphatic hydroxyl groups is 1. The molecule has 1 saturated carbocycles. The lowest BCUT2D eigenvalue weighted by atomic mass is 9.74. The van der Waals surface area contributed by atoms with Crippen LogP contribution in [0.3, 0.4) is 0 Å². The summed E-state index contributed by atoms with van der Waals surface area (Å²) >= 11 is 0. The predicted octanol–water partition coefficient (Wildman–Crippen LogP) is 2.41. The molecule has 112 valence electrons. The number of carbonyl (C=O) groups is 1. The van der Waals surface area contributed by atoms with E-state index >= 15 is 0 Å². The topological polar surface area (TPSA) is 69.6 Å². The van der Waals surface area contributed by atoms with E-state index in [4.69, 9.17) is 0 Å². The molecular formula is C15H29NO3. The van der Waals surface area contributed by atoms with Gasteiger partial charge in [-0.25, -0.2) is 0 Å². The van der Waals surface area contributed by atoms with Gasteiger partial charge in [0.1, 0.15) is 0 Å². The fraction of sp³-hybridized carbons (Fsp3) is 0.933. The largest absolute Gasteiger partial charge is 0.481 e. The highest BCUT2D eigenvalue weighted by molar-refractivity contribution is 5.75. The molecule has 1 aliphatic rings. The van der Waals surface area contributed by atoms with Crippen molar-refractivity contribution in [1.82, 2.24) is 5.32 Å². The van der Waals surface area contributed by atoms with Crippen LogP contribution in [0.25, 0.3) is 0 Å². The first-order valence-electron chi connectivity index (χ1n) is 7.33. The van der Waals surface area contributed by atoms with Gasteiger partial charge in [0.2, 0.25) is 0 Å². The van der Waals surface area contributed by atoms with Gasteiger partial charge in [-0.15, -0.1) is 0 Å². The Morgan fingerprint density at radius 3 is 2.26 bits per heavy atom. The summed E-state index contributed by atoms with van der Waals surface area (Å²) in [6.07, 6.45) is 5.45. The molecular weight excluding hydrogens is 242 g/mol. The van der Waals surface area contributed by atoms with E-state index < -0.39 is 16.9 Å². The lowest BCUT2D eigenvalue weighted by Crippen LogP contribution is -2.56. The van der Waals surface area contributed by atoms with E-state index in [1.807, 2.05) is 13.8 Å². The molecule has 1 aliphatic carbocycles. The minimum absolute atomic E-state index is 0.382. The van der Waals surface area contributed by atoms with Crippen molar-refractivity contribution in [3.8, 4) is 0 Å². The first-order chi connectivity index (χ1) is 8.67. The summed E-state index contributed by atoms with van der Waals surface area (Å²) in [7, 11) is 0. The second-order valence-electron chi connectivity index (χ2n) is 6.98. The zero-order chi connectivity index (χ0) is 14.7. The molecule has 4 nitrogen and oxygen atoms in total. The van der Waals surface area contributed by atoms with Crippen LogP contribution in [-0.2, 0) is 4.79 Å². The Morgan fingerprint density at radius 1 is 1.26 bits per heavy atom. The van der Waals surface area contributed by atoms with Crippen molar-refractivity contribution in [1.29, 1.82) is 0 Å². The molecule has 0 aromatic rings. The van der Waals surface area contributed by atoms with Gasteiger partial charge in [0.15, 0.2) is 0 Å². The maximum Gasteiger partial charge on any atom is 0.310 e. The van der Waals surface area contributed by atoms with Gasteiger partial charge in [0.05, 0.1) is 11.5 Å². The highest BCUT2D eigenvalue weighted by Gasteiger charge is 2.43. The number of hydrogen-bond donors (Lipinski definition) is 3. The molecule has 0 amide bonds. The summed E-state index contributed by atoms with van der Waals surface area (Å²) in [5, 5.41) is 22.6. The summed E-state index contributed by atoms with van der Waals surface area (Å²) in [6, 6.07) is 0. The molecule has 0 aromatic carbocycles. The van der Waals surface area contributed by atoms with E-state index in [0.717, 1.165) is 6.42 Å². The Hall–Kier alpha value is -0.610. The van der Waals surface area contributed by atoms with Gasteiger partial charge in [-0.3, -0.25) is 4.79 Å². The Kier molecular flexibility index (Phi) is 5.39. The fourth-order valence-corrected chi connectivity index (χ4v) is 2.58. The second kappa shape index (κ2) is 6.23. The lowest BCUT2D eigenvalue weighted by molar-refractivity contribution is -0.151. The SMILES string of the molecule is CC(C)(NCC(O)CC1CCCC1)C(C)(C)C(=O)O. The van der Waals surface area contributed by atoms with E-state index in [1.165, 1.54) is 25.7 Å². The van der Waals surface area contributed by atoms with Crippen molar-refractivity contribution in [3.05, 3.63) is 0 Å². The molecule has 4 heteroatoms. The molecule has 1 unspecified atom stereocenters. The zero-order valence-corrected chi connectivity index (χ0v) is 12.7. The lowest BCUT2D eigenvalue weighted by Gasteiger charge is -2.39. The normalized spacial score (nSPS) is 19.6. The van der Waals surface area contributed by atoms with Crippen LogP contribution in [0.1, 0.15) is 59.8 Å². The number of nitrogens with one attached hydrogen (secondary N) is 1. The zero-order valence-electron chi connectivity index (χ0n) is 12.7. The number of rotatable bonds is 7. The standard InChI is InChI=1S/C15H29NO3/c1-14(2,13(18)19)15(3,4)16-10-12(17)9-11-7-5-6-8-11/h11-12,16-17H,5-10H2,1-4H3,(H,18,19). The maximum atomic E-state index is 11.3. The van der Waals surface area contributed by atoms with Gasteiger partial charge in [0.25, 0.3) is 0 Å². The summed E-state index contributed by atoms with van der Waals surface area (Å²) in [5.74, 6) is -0.178. The summed E-state index contributed by atoms with van der Waals surface area (Å²) in [5.41, 5.74) is -1.43. The number of aliphatic carboxylic acids is 1. The maximum absolute atomic E-state index is 11.3. The molecule has 0 aromatic heterocycles.